The summed E-state index contributed by atoms with van der Waals surface area (Å²) in [7, 11) is 0. The maximum atomic E-state index is 12.8. The molecule has 0 bridgehead atoms. The van der Waals surface area contributed by atoms with Crippen LogP contribution in [-0.2, 0) is 4.79 Å². The standard InChI is InChI=1S/C24H27ClN4O/c1-15-4-9-21-17(3)27-24(28-22(21)14-15)29-12-10-19(11-13-29)23(30)26-16(2)18-5-7-20(25)8-6-18/h4-9,14,16,19H,10-13H2,1-3H3,(H,26,30)/t16-/m0/s1. The molecule has 5 nitrogen and oxygen atoms in total. The van der Waals surface area contributed by atoms with Gasteiger partial charge in [-0.2, -0.15) is 0 Å². The van der Waals surface area contributed by atoms with Crippen molar-refractivity contribution in [2.45, 2.75) is 39.7 Å². The smallest absolute Gasteiger partial charge is 0.226 e. The summed E-state index contributed by atoms with van der Waals surface area (Å²) in [5.74, 6) is 0.891. The number of halogens is 1. The number of hydrogen-bond donors (Lipinski definition) is 1. The van der Waals surface area contributed by atoms with Crippen LogP contribution in [0.25, 0.3) is 10.9 Å². The molecule has 1 saturated heterocycles. The van der Waals surface area contributed by atoms with Crippen LogP contribution in [-0.4, -0.2) is 29.0 Å². The summed E-state index contributed by atoms with van der Waals surface area (Å²) in [4.78, 5) is 24.5. The quantitative estimate of drug-likeness (QED) is 0.643. The van der Waals surface area contributed by atoms with E-state index in [2.05, 4.69) is 35.3 Å². The van der Waals surface area contributed by atoms with E-state index < -0.39 is 0 Å². The van der Waals surface area contributed by atoms with E-state index in [1.165, 1.54) is 5.56 Å². The lowest BCUT2D eigenvalue weighted by molar-refractivity contribution is -0.126. The Bertz CT molecular complexity index is 1060. The summed E-state index contributed by atoms with van der Waals surface area (Å²) >= 11 is 5.96. The Hall–Kier alpha value is -2.66. The van der Waals surface area contributed by atoms with Gasteiger partial charge in [0.15, 0.2) is 0 Å². The molecule has 0 spiro atoms. The van der Waals surface area contributed by atoms with E-state index in [9.17, 15) is 4.79 Å². The fraction of sp³-hybridized carbons (Fsp3) is 0.375. The molecule has 2 heterocycles. The number of hydrogen-bond acceptors (Lipinski definition) is 4. The number of aromatic nitrogens is 2. The minimum Gasteiger partial charge on any atom is -0.349 e. The molecule has 1 aliphatic rings. The summed E-state index contributed by atoms with van der Waals surface area (Å²) in [6.45, 7) is 7.67. The van der Waals surface area contributed by atoms with Gasteiger partial charge in [0.2, 0.25) is 11.9 Å². The van der Waals surface area contributed by atoms with Crippen LogP contribution in [0.15, 0.2) is 42.5 Å². The van der Waals surface area contributed by atoms with Gasteiger partial charge in [-0.15, -0.1) is 0 Å². The van der Waals surface area contributed by atoms with E-state index >= 15 is 0 Å². The molecule has 1 amide bonds. The summed E-state index contributed by atoms with van der Waals surface area (Å²) in [6.07, 6.45) is 1.60. The molecule has 1 N–H and O–H groups in total. The molecule has 0 aliphatic carbocycles. The molecular formula is C24H27ClN4O. The van der Waals surface area contributed by atoms with Gasteiger partial charge < -0.3 is 10.2 Å². The molecule has 30 heavy (non-hydrogen) atoms. The third-order valence-corrected chi connectivity index (χ3v) is 6.16. The average molecular weight is 423 g/mol. The first kappa shape index (κ1) is 20.6. The number of nitrogens with zero attached hydrogens (tertiary/aromatic N) is 3. The minimum absolute atomic E-state index is 0.0137. The second kappa shape index (κ2) is 8.60. The molecule has 1 aromatic heterocycles. The van der Waals surface area contributed by atoms with Crippen LogP contribution in [0.3, 0.4) is 0 Å². The van der Waals surface area contributed by atoms with Crippen molar-refractivity contribution < 1.29 is 4.79 Å². The fourth-order valence-corrected chi connectivity index (χ4v) is 4.16. The van der Waals surface area contributed by atoms with Gasteiger partial charge in [-0.1, -0.05) is 35.9 Å². The zero-order valence-corrected chi connectivity index (χ0v) is 18.4. The lowest BCUT2D eigenvalue weighted by Crippen LogP contribution is -2.41. The molecule has 3 aromatic rings. The molecule has 1 atom stereocenters. The van der Waals surface area contributed by atoms with E-state index in [0.717, 1.165) is 54.0 Å². The maximum absolute atomic E-state index is 12.8. The predicted molar refractivity (Wildman–Crippen MR) is 122 cm³/mol. The maximum Gasteiger partial charge on any atom is 0.226 e. The Balaban J connectivity index is 1.39. The van der Waals surface area contributed by atoms with E-state index in [1.807, 2.05) is 38.1 Å². The topological polar surface area (TPSA) is 58.1 Å². The van der Waals surface area contributed by atoms with Crippen molar-refractivity contribution in [3.05, 3.63) is 64.3 Å². The number of amides is 1. The van der Waals surface area contributed by atoms with Gasteiger partial charge in [-0.25, -0.2) is 9.97 Å². The Kier molecular flexibility index (Phi) is 5.91. The number of piperidine rings is 1. The van der Waals surface area contributed by atoms with Crippen molar-refractivity contribution in [3.8, 4) is 0 Å². The highest BCUT2D eigenvalue weighted by Gasteiger charge is 2.27. The number of aryl methyl sites for hydroxylation is 2. The summed E-state index contributed by atoms with van der Waals surface area (Å²) in [6, 6.07) is 13.9. The number of fused-ring (bicyclic) bond motifs is 1. The largest absolute Gasteiger partial charge is 0.349 e. The van der Waals surface area contributed by atoms with Gasteiger partial charge in [0.05, 0.1) is 17.3 Å². The summed E-state index contributed by atoms with van der Waals surface area (Å²) in [5.41, 5.74) is 4.22. The summed E-state index contributed by atoms with van der Waals surface area (Å²) in [5, 5.41) is 4.94. The molecule has 0 radical (unpaired) electrons. The van der Waals surface area contributed by atoms with Crippen molar-refractivity contribution in [3.63, 3.8) is 0 Å². The van der Waals surface area contributed by atoms with Crippen molar-refractivity contribution >= 4 is 34.4 Å². The van der Waals surface area contributed by atoms with Crippen molar-refractivity contribution in [1.29, 1.82) is 0 Å². The molecule has 4 rings (SSSR count). The highest BCUT2D eigenvalue weighted by atomic mass is 35.5. The van der Waals surface area contributed by atoms with E-state index in [1.54, 1.807) is 0 Å². The molecular weight excluding hydrogens is 396 g/mol. The minimum atomic E-state index is -0.0393. The van der Waals surface area contributed by atoms with Crippen LogP contribution in [0, 0.1) is 19.8 Å². The second-order valence-electron chi connectivity index (χ2n) is 8.17. The fourth-order valence-electron chi connectivity index (χ4n) is 4.03. The molecule has 1 fully saturated rings. The van der Waals surface area contributed by atoms with Crippen LogP contribution >= 0.6 is 11.6 Å². The van der Waals surface area contributed by atoms with Crippen LogP contribution < -0.4 is 10.2 Å². The average Bonchev–Trinajstić information content (AvgIpc) is 2.74. The Morgan fingerprint density at radius 2 is 1.80 bits per heavy atom. The van der Waals surface area contributed by atoms with Gasteiger partial charge in [-0.3, -0.25) is 4.79 Å². The van der Waals surface area contributed by atoms with Crippen LogP contribution in [0.5, 0.6) is 0 Å². The van der Waals surface area contributed by atoms with Crippen molar-refractivity contribution in [2.75, 3.05) is 18.0 Å². The SMILES string of the molecule is Cc1ccc2c(C)nc(N3CCC(C(=O)N[C@@H](C)c4ccc(Cl)cc4)CC3)nc2c1. The van der Waals surface area contributed by atoms with Gasteiger partial charge >= 0.3 is 0 Å². The first-order chi connectivity index (χ1) is 14.4. The molecule has 6 heteroatoms. The first-order valence-electron chi connectivity index (χ1n) is 10.5. The number of anilines is 1. The van der Waals surface area contributed by atoms with Crippen LogP contribution in [0.1, 0.15) is 42.6 Å². The molecule has 0 unspecified atom stereocenters. The van der Waals surface area contributed by atoms with Crippen molar-refractivity contribution in [1.82, 2.24) is 15.3 Å². The van der Waals surface area contributed by atoms with Gasteiger partial charge in [-0.05, 0) is 62.9 Å². The number of nitrogens with one attached hydrogen (secondary N) is 1. The highest BCUT2D eigenvalue weighted by molar-refractivity contribution is 6.30. The monoisotopic (exact) mass is 422 g/mol. The van der Waals surface area contributed by atoms with Crippen LogP contribution in [0.2, 0.25) is 5.02 Å². The molecule has 2 aromatic carbocycles. The number of benzene rings is 2. The normalized spacial score (nSPS) is 15.9. The lowest BCUT2D eigenvalue weighted by Gasteiger charge is -2.32. The first-order valence-corrected chi connectivity index (χ1v) is 10.8. The Labute approximate surface area is 182 Å². The second-order valence-corrected chi connectivity index (χ2v) is 8.61. The zero-order chi connectivity index (χ0) is 21.3. The Morgan fingerprint density at radius 1 is 1.10 bits per heavy atom. The number of rotatable bonds is 4. The van der Waals surface area contributed by atoms with E-state index in [4.69, 9.17) is 21.6 Å². The predicted octanol–water partition coefficient (Wildman–Crippen LogP) is 4.99. The van der Waals surface area contributed by atoms with Gasteiger partial charge in [0, 0.05) is 29.4 Å². The van der Waals surface area contributed by atoms with Crippen molar-refractivity contribution in [2.24, 2.45) is 5.92 Å². The molecule has 1 aliphatic heterocycles. The molecule has 0 saturated carbocycles. The van der Waals surface area contributed by atoms with E-state index in [-0.39, 0.29) is 17.9 Å². The number of carbonyl (C=O) groups excluding carboxylic acids is 1. The third kappa shape index (κ3) is 4.41. The highest BCUT2D eigenvalue weighted by Crippen LogP contribution is 2.25. The molecule has 156 valence electrons. The van der Waals surface area contributed by atoms with Crippen LogP contribution in [0.4, 0.5) is 5.95 Å². The third-order valence-electron chi connectivity index (χ3n) is 5.91. The zero-order valence-electron chi connectivity index (χ0n) is 17.7. The lowest BCUT2D eigenvalue weighted by atomic mass is 9.95. The van der Waals surface area contributed by atoms with E-state index in [0.29, 0.717) is 5.02 Å². The summed E-state index contributed by atoms with van der Waals surface area (Å²) < 4.78 is 0. The Morgan fingerprint density at radius 3 is 2.50 bits per heavy atom. The van der Waals surface area contributed by atoms with Gasteiger partial charge in [0.1, 0.15) is 0 Å². The van der Waals surface area contributed by atoms with Gasteiger partial charge in [0.25, 0.3) is 0 Å². The number of carbonyl (C=O) groups is 1.